The summed E-state index contributed by atoms with van der Waals surface area (Å²) >= 11 is 5.91. The molecule has 0 atom stereocenters. The van der Waals surface area contributed by atoms with Gasteiger partial charge >= 0.3 is 6.01 Å². The molecule has 0 spiro atoms. The van der Waals surface area contributed by atoms with Crippen molar-refractivity contribution in [3.8, 4) is 6.01 Å². The van der Waals surface area contributed by atoms with Crippen molar-refractivity contribution in [1.29, 1.82) is 0 Å². The first kappa shape index (κ1) is 16.5. The van der Waals surface area contributed by atoms with Crippen LogP contribution in [0.3, 0.4) is 0 Å². The zero-order chi connectivity index (χ0) is 12.8. The fourth-order valence-electron chi connectivity index (χ4n) is 2.18. The fraction of sp³-hybridized carbons (Fsp3) is 0.692. The number of hydrogen-bond donors (Lipinski definition) is 1. The Bertz CT molecular complexity index is 384. The standard InChI is InChI=1S/C13H20ClN3O.ClH/c1-10-9-16-13(17-12(10)14)18-8-2-3-11-4-6-15-7-5-11;/h9,11,15H,2-8H2,1H3;1H. The number of rotatable bonds is 5. The van der Waals surface area contributed by atoms with Crippen LogP contribution in [0.2, 0.25) is 5.15 Å². The Labute approximate surface area is 125 Å². The molecule has 0 aromatic carbocycles. The Kier molecular flexibility index (Phi) is 7.42. The molecule has 0 radical (unpaired) electrons. The van der Waals surface area contributed by atoms with Crippen LogP contribution in [0, 0.1) is 12.8 Å². The minimum atomic E-state index is 0. The zero-order valence-electron chi connectivity index (χ0n) is 11.2. The average molecular weight is 306 g/mol. The van der Waals surface area contributed by atoms with E-state index in [1.807, 2.05) is 6.92 Å². The molecule has 1 aromatic heterocycles. The molecular weight excluding hydrogens is 285 g/mol. The van der Waals surface area contributed by atoms with Gasteiger partial charge in [-0.15, -0.1) is 12.4 Å². The maximum absolute atomic E-state index is 5.91. The van der Waals surface area contributed by atoms with Crippen LogP contribution in [-0.2, 0) is 0 Å². The molecule has 1 N–H and O–H groups in total. The first-order valence-corrected chi connectivity index (χ1v) is 6.96. The summed E-state index contributed by atoms with van der Waals surface area (Å²) in [4.78, 5) is 8.17. The van der Waals surface area contributed by atoms with Crippen molar-refractivity contribution in [2.75, 3.05) is 19.7 Å². The van der Waals surface area contributed by atoms with E-state index >= 15 is 0 Å². The van der Waals surface area contributed by atoms with Crippen LogP contribution in [0.15, 0.2) is 6.20 Å². The number of halogens is 2. The molecule has 19 heavy (non-hydrogen) atoms. The van der Waals surface area contributed by atoms with Gasteiger partial charge in [0.15, 0.2) is 0 Å². The van der Waals surface area contributed by atoms with Crippen molar-refractivity contribution in [3.05, 3.63) is 16.9 Å². The van der Waals surface area contributed by atoms with Gasteiger partial charge in [-0.25, -0.2) is 4.98 Å². The highest BCUT2D eigenvalue weighted by Crippen LogP contribution is 2.18. The number of nitrogens with one attached hydrogen (secondary N) is 1. The van der Waals surface area contributed by atoms with Crippen LogP contribution >= 0.6 is 24.0 Å². The normalized spacial score (nSPS) is 15.9. The predicted octanol–water partition coefficient (Wildman–Crippen LogP) is 3.02. The first-order chi connectivity index (χ1) is 8.75. The number of aryl methyl sites for hydroxylation is 1. The van der Waals surface area contributed by atoms with Gasteiger partial charge in [-0.1, -0.05) is 11.6 Å². The fourth-order valence-corrected chi connectivity index (χ4v) is 2.30. The number of aromatic nitrogens is 2. The van der Waals surface area contributed by atoms with Gasteiger partial charge in [0.1, 0.15) is 5.15 Å². The second kappa shape index (κ2) is 8.56. The van der Waals surface area contributed by atoms with Crippen LogP contribution < -0.4 is 10.1 Å². The largest absolute Gasteiger partial charge is 0.463 e. The molecule has 1 aliphatic rings. The summed E-state index contributed by atoms with van der Waals surface area (Å²) < 4.78 is 5.51. The number of hydrogen-bond acceptors (Lipinski definition) is 4. The highest BCUT2D eigenvalue weighted by molar-refractivity contribution is 6.30. The molecule has 0 bridgehead atoms. The summed E-state index contributed by atoms with van der Waals surface area (Å²) in [7, 11) is 0. The van der Waals surface area contributed by atoms with E-state index in [-0.39, 0.29) is 12.4 Å². The third-order valence-electron chi connectivity index (χ3n) is 3.33. The summed E-state index contributed by atoms with van der Waals surface area (Å²) in [6.07, 6.45) is 6.54. The van der Waals surface area contributed by atoms with E-state index in [4.69, 9.17) is 16.3 Å². The Morgan fingerprint density at radius 3 is 2.84 bits per heavy atom. The molecule has 2 heterocycles. The minimum absolute atomic E-state index is 0. The summed E-state index contributed by atoms with van der Waals surface area (Å²) in [5.41, 5.74) is 0.874. The summed E-state index contributed by atoms with van der Waals surface area (Å²) in [6.45, 7) is 4.86. The second-order valence-corrected chi connectivity index (χ2v) is 5.17. The topological polar surface area (TPSA) is 47.0 Å². The minimum Gasteiger partial charge on any atom is -0.463 e. The maximum Gasteiger partial charge on any atom is 0.317 e. The van der Waals surface area contributed by atoms with Crippen molar-refractivity contribution < 1.29 is 4.74 Å². The first-order valence-electron chi connectivity index (χ1n) is 6.58. The van der Waals surface area contributed by atoms with Crippen molar-refractivity contribution >= 4 is 24.0 Å². The molecule has 0 unspecified atom stereocenters. The third kappa shape index (κ3) is 5.51. The van der Waals surface area contributed by atoms with Gasteiger partial charge in [0.2, 0.25) is 0 Å². The third-order valence-corrected chi connectivity index (χ3v) is 3.72. The summed E-state index contributed by atoms with van der Waals surface area (Å²) in [5, 5.41) is 3.85. The van der Waals surface area contributed by atoms with Crippen molar-refractivity contribution in [2.45, 2.75) is 32.6 Å². The quantitative estimate of drug-likeness (QED) is 0.671. The molecule has 108 valence electrons. The monoisotopic (exact) mass is 305 g/mol. The number of piperidine rings is 1. The Morgan fingerprint density at radius 1 is 1.42 bits per heavy atom. The average Bonchev–Trinajstić information content (AvgIpc) is 2.40. The highest BCUT2D eigenvalue weighted by Gasteiger charge is 2.12. The smallest absolute Gasteiger partial charge is 0.317 e. The molecule has 6 heteroatoms. The molecular formula is C13H21Cl2N3O. The Hall–Kier alpha value is -0.580. The zero-order valence-corrected chi connectivity index (χ0v) is 12.8. The van der Waals surface area contributed by atoms with Crippen molar-refractivity contribution in [3.63, 3.8) is 0 Å². The maximum atomic E-state index is 5.91. The van der Waals surface area contributed by atoms with E-state index < -0.39 is 0 Å². The number of nitrogens with zero attached hydrogens (tertiary/aromatic N) is 2. The lowest BCUT2D eigenvalue weighted by molar-refractivity contribution is 0.258. The van der Waals surface area contributed by atoms with Crippen LogP contribution in [0.25, 0.3) is 0 Å². The molecule has 4 nitrogen and oxygen atoms in total. The Balaban J connectivity index is 0.00000180. The molecule has 1 fully saturated rings. The van der Waals surface area contributed by atoms with E-state index in [9.17, 15) is 0 Å². The van der Waals surface area contributed by atoms with Crippen LogP contribution in [0.5, 0.6) is 6.01 Å². The molecule has 2 rings (SSSR count). The van der Waals surface area contributed by atoms with E-state index in [1.54, 1.807) is 6.20 Å². The van der Waals surface area contributed by atoms with Gasteiger partial charge in [0.25, 0.3) is 0 Å². The lowest BCUT2D eigenvalue weighted by Gasteiger charge is -2.22. The van der Waals surface area contributed by atoms with Gasteiger partial charge in [-0.05, 0) is 51.6 Å². The van der Waals surface area contributed by atoms with E-state index in [2.05, 4.69) is 15.3 Å². The lowest BCUT2D eigenvalue weighted by atomic mass is 9.93. The molecule has 0 saturated carbocycles. The Morgan fingerprint density at radius 2 is 2.16 bits per heavy atom. The van der Waals surface area contributed by atoms with Gasteiger partial charge in [0.05, 0.1) is 6.61 Å². The summed E-state index contributed by atoms with van der Waals surface area (Å²) in [6, 6.07) is 0.385. The van der Waals surface area contributed by atoms with E-state index in [0.29, 0.717) is 17.8 Å². The highest BCUT2D eigenvalue weighted by atomic mass is 35.5. The van der Waals surface area contributed by atoms with Gasteiger partial charge in [-0.2, -0.15) is 4.98 Å². The van der Waals surface area contributed by atoms with Crippen molar-refractivity contribution in [1.82, 2.24) is 15.3 Å². The van der Waals surface area contributed by atoms with Crippen LogP contribution in [0.1, 0.15) is 31.2 Å². The number of ether oxygens (including phenoxy) is 1. The second-order valence-electron chi connectivity index (χ2n) is 4.81. The molecule has 0 amide bonds. The predicted molar refractivity (Wildman–Crippen MR) is 79.3 cm³/mol. The van der Waals surface area contributed by atoms with Crippen LogP contribution in [-0.4, -0.2) is 29.7 Å². The van der Waals surface area contributed by atoms with Gasteiger partial charge < -0.3 is 10.1 Å². The summed E-state index contributed by atoms with van der Waals surface area (Å²) in [5.74, 6) is 0.845. The molecule has 0 aliphatic carbocycles. The molecule has 1 saturated heterocycles. The molecule has 1 aliphatic heterocycles. The lowest BCUT2D eigenvalue weighted by Crippen LogP contribution is -2.27. The van der Waals surface area contributed by atoms with Crippen molar-refractivity contribution in [2.24, 2.45) is 5.92 Å². The van der Waals surface area contributed by atoms with Gasteiger partial charge in [0, 0.05) is 11.8 Å². The SMILES string of the molecule is Cc1cnc(OCCCC2CCNCC2)nc1Cl.Cl. The van der Waals surface area contributed by atoms with Gasteiger partial charge in [-0.3, -0.25) is 0 Å². The molecule has 1 aromatic rings. The van der Waals surface area contributed by atoms with E-state index in [0.717, 1.165) is 31.0 Å². The van der Waals surface area contributed by atoms with Crippen LogP contribution in [0.4, 0.5) is 0 Å². The van der Waals surface area contributed by atoms with E-state index in [1.165, 1.54) is 19.3 Å².